The van der Waals surface area contributed by atoms with E-state index in [1.165, 1.54) is 11.2 Å². The van der Waals surface area contributed by atoms with Crippen molar-refractivity contribution in [3.63, 3.8) is 0 Å². The first-order chi connectivity index (χ1) is 10.0. The number of oxazole rings is 1. The van der Waals surface area contributed by atoms with E-state index in [-0.39, 0.29) is 11.8 Å². The summed E-state index contributed by atoms with van der Waals surface area (Å²) in [5, 5.41) is 11.2. The molecule has 0 bridgehead atoms. The molecule has 0 aliphatic carbocycles. The third-order valence-electron chi connectivity index (χ3n) is 3.07. The predicted octanol–water partition coefficient (Wildman–Crippen LogP) is 2.33. The molecule has 0 aliphatic rings. The first-order valence-electron chi connectivity index (χ1n) is 6.60. The maximum absolute atomic E-state index is 12.3. The molecule has 1 N–H and O–H groups in total. The number of aryl methyl sites for hydroxylation is 1. The van der Waals surface area contributed by atoms with Crippen LogP contribution in [0.25, 0.3) is 11.0 Å². The molecule has 7 nitrogen and oxygen atoms in total. The second-order valence-electron chi connectivity index (χ2n) is 5.07. The van der Waals surface area contributed by atoms with Crippen molar-refractivity contribution in [3.05, 3.63) is 36.0 Å². The van der Waals surface area contributed by atoms with Crippen molar-refractivity contribution in [2.45, 2.75) is 19.8 Å². The summed E-state index contributed by atoms with van der Waals surface area (Å²) in [7, 11) is 1.75. The van der Waals surface area contributed by atoms with Gasteiger partial charge in [-0.25, -0.2) is 4.98 Å². The van der Waals surface area contributed by atoms with Gasteiger partial charge in [0.1, 0.15) is 16.8 Å². The van der Waals surface area contributed by atoms with E-state index < -0.39 is 0 Å². The fourth-order valence-electron chi connectivity index (χ4n) is 2.13. The Morgan fingerprint density at radius 3 is 2.81 bits per heavy atom. The molecule has 108 valence electrons. The van der Waals surface area contributed by atoms with Gasteiger partial charge in [-0.15, -0.1) is 0 Å². The molecule has 7 heteroatoms. The molecule has 0 fully saturated rings. The zero-order valence-corrected chi connectivity index (χ0v) is 12.0. The molecule has 3 rings (SSSR count). The van der Waals surface area contributed by atoms with Crippen molar-refractivity contribution in [2.24, 2.45) is 7.05 Å². The van der Waals surface area contributed by atoms with Crippen LogP contribution in [0.15, 0.2) is 29.0 Å². The number of carbonyl (C=O) groups excluding carboxylic acids is 1. The number of nitrogens with one attached hydrogen (secondary N) is 1. The van der Waals surface area contributed by atoms with Gasteiger partial charge < -0.3 is 9.73 Å². The molecule has 0 radical (unpaired) electrons. The molecule has 1 amide bonds. The Hall–Kier alpha value is -2.70. The van der Waals surface area contributed by atoms with Crippen LogP contribution in [0.4, 0.5) is 5.69 Å². The van der Waals surface area contributed by atoms with Gasteiger partial charge in [-0.3, -0.25) is 4.79 Å². The largest absolute Gasteiger partial charge is 0.447 e. The fourth-order valence-corrected chi connectivity index (χ4v) is 2.13. The summed E-state index contributed by atoms with van der Waals surface area (Å²) in [5.41, 5.74) is 2.45. The van der Waals surface area contributed by atoms with Crippen molar-refractivity contribution in [2.75, 3.05) is 5.32 Å². The lowest BCUT2D eigenvalue weighted by atomic mass is 10.1. The summed E-state index contributed by atoms with van der Waals surface area (Å²) in [6.45, 7) is 3.89. The Morgan fingerprint density at radius 1 is 1.29 bits per heavy atom. The average molecular weight is 285 g/mol. The Balaban J connectivity index is 1.87. The van der Waals surface area contributed by atoms with Gasteiger partial charge in [0.05, 0.1) is 0 Å². The van der Waals surface area contributed by atoms with Gasteiger partial charge in [0.25, 0.3) is 5.91 Å². The maximum Gasteiger partial charge on any atom is 0.277 e. The number of amides is 1. The van der Waals surface area contributed by atoms with E-state index >= 15 is 0 Å². The van der Waals surface area contributed by atoms with Gasteiger partial charge in [-0.05, 0) is 18.2 Å². The zero-order valence-electron chi connectivity index (χ0n) is 12.0. The molecule has 21 heavy (non-hydrogen) atoms. The number of fused-ring (bicyclic) bond motifs is 1. The van der Waals surface area contributed by atoms with Gasteiger partial charge in [-0.2, -0.15) is 15.0 Å². The second kappa shape index (κ2) is 5.01. The predicted molar refractivity (Wildman–Crippen MR) is 77.1 cm³/mol. The molecule has 1 aromatic carbocycles. The van der Waals surface area contributed by atoms with Crippen LogP contribution >= 0.6 is 0 Å². The van der Waals surface area contributed by atoms with Crippen LogP contribution in [0.2, 0.25) is 0 Å². The number of hydrogen-bond donors (Lipinski definition) is 1. The van der Waals surface area contributed by atoms with Crippen LogP contribution in [0, 0.1) is 0 Å². The lowest BCUT2D eigenvalue weighted by Gasteiger charge is -2.05. The van der Waals surface area contributed by atoms with E-state index in [1.54, 1.807) is 19.2 Å². The van der Waals surface area contributed by atoms with E-state index in [9.17, 15) is 4.79 Å². The van der Waals surface area contributed by atoms with Crippen LogP contribution in [0.3, 0.4) is 0 Å². The molecule has 0 saturated carbocycles. The Kier molecular flexibility index (Phi) is 3.17. The molecule has 0 saturated heterocycles. The van der Waals surface area contributed by atoms with Crippen molar-refractivity contribution in [3.8, 4) is 0 Å². The van der Waals surface area contributed by atoms with E-state index in [4.69, 9.17) is 4.42 Å². The summed E-state index contributed by atoms with van der Waals surface area (Å²) in [4.78, 5) is 17.7. The number of carbonyl (C=O) groups is 1. The molecule has 0 aliphatic heterocycles. The Labute approximate surface area is 121 Å². The summed E-state index contributed by atoms with van der Waals surface area (Å²) in [6, 6.07) is 5.36. The quantitative estimate of drug-likeness (QED) is 0.798. The van der Waals surface area contributed by atoms with E-state index in [0.717, 1.165) is 11.0 Å². The first kappa shape index (κ1) is 13.3. The minimum atomic E-state index is -0.296. The van der Waals surface area contributed by atoms with Gasteiger partial charge in [-0.1, -0.05) is 13.8 Å². The van der Waals surface area contributed by atoms with Crippen molar-refractivity contribution < 1.29 is 9.21 Å². The number of anilines is 1. The SMILES string of the molecule is CC(C)c1ocnc1C(=O)Nc1ccc2nn(C)nc2c1. The van der Waals surface area contributed by atoms with Crippen molar-refractivity contribution >= 4 is 22.6 Å². The van der Waals surface area contributed by atoms with E-state index in [2.05, 4.69) is 20.5 Å². The molecule has 0 spiro atoms. The minimum Gasteiger partial charge on any atom is -0.447 e. The zero-order chi connectivity index (χ0) is 15.0. The number of nitrogens with zero attached hydrogens (tertiary/aromatic N) is 4. The van der Waals surface area contributed by atoms with Crippen LogP contribution in [-0.2, 0) is 7.05 Å². The number of rotatable bonds is 3. The highest BCUT2D eigenvalue weighted by molar-refractivity contribution is 6.04. The number of benzene rings is 1. The lowest BCUT2D eigenvalue weighted by molar-refractivity contribution is 0.102. The normalized spacial score (nSPS) is 11.2. The van der Waals surface area contributed by atoms with E-state index in [0.29, 0.717) is 17.1 Å². The summed E-state index contributed by atoms with van der Waals surface area (Å²) < 4.78 is 5.26. The van der Waals surface area contributed by atoms with Gasteiger partial charge in [0.2, 0.25) is 0 Å². The van der Waals surface area contributed by atoms with Crippen LogP contribution < -0.4 is 5.32 Å². The summed E-state index contributed by atoms with van der Waals surface area (Å²) >= 11 is 0. The smallest absolute Gasteiger partial charge is 0.277 e. The summed E-state index contributed by atoms with van der Waals surface area (Å²) in [5.74, 6) is 0.375. The monoisotopic (exact) mass is 285 g/mol. The van der Waals surface area contributed by atoms with Crippen LogP contribution in [0.1, 0.15) is 36.0 Å². The summed E-state index contributed by atoms with van der Waals surface area (Å²) in [6.07, 6.45) is 1.29. The van der Waals surface area contributed by atoms with Gasteiger partial charge in [0.15, 0.2) is 12.1 Å². The Bertz CT molecular complexity index is 803. The van der Waals surface area contributed by atoms with Gasteiger partial charge in [0, 0.05) is 18.7 Å². The number of hydrogen-bond acceptors (Lipinski definition) is 5. The highest BCUT2D eigenvalue weighted by atomic mass is 16.3. The highest BCUT2D eigenvalue weighted by Crippen LogP contribution is 2.20. The average Bonchev–Trinajstić information content (AvgIpc) is 3.03. The first-order valence-corrected chi connectivity index (χ1v) is 6.60. The fraction of sp³-hybridized carbons (Fsp3) is 0.286. The third kappa shape index (κ3) is 2.49. The standard InChI is InChI=1S/C14H15N5O2/c1-8(2)13-12(15-7-21-13)14(20)16-9-4-5-10-11(6-9)18-19(3)17-10/h4-8H,1-3H3,(H,16,20). The third-order valence-corrected chi connectivity index (χ3v) is 3.07. The molecular weight excluding hydrogens is 270 g/mol. The van der Waals surface area contributed by atoms with Gasteiger partial charge >= 0.3 is 0 Å². The van der Waals surface area contributed by atoms with Crippen LogP contribution in [0.5, 0.6) is 0 Å². The minimum absolute atomic E-state index is 0.0933. The Morgan fingerprint density at radius 2 is 2.05 bits per heavy atom. The number of aromatic nitrogens is 4. The van der Waals surface area contributed by atoms with Crippen LogP contribution in [-0.4, -0.2) is 25.9 Å². The molecule has 3 aromatic rings. The van der Waals surface area contributed by atoms with Crippen molar-refractivity contribution in [1.82, 2.24) is 20.0 Å². The molecule has 2 aromatic heterocycles. The topological polar surface area (TPSA) is 85.8 Å². The van der Waals surface area contributed by atoms with E-state index in [1.807, 2.05) is 19.9 Å². The highest BCUT2D eigenvalue weighted by Gasteiger charge is 2.19. The molecule has 0 atom stereocenters. The van der Waals surface area contributed by atoms with Crippen molar-refractivity contribution in [1.29, 1.82) is 0 Å². The lowest BCUT2D eigenvalue weighted by Crippen LogP contribution is -2.14. The second-order valence-corrected chi connectivity index (χ2v) is 5.07. The molecule has 2 heterocycles. The molecular formula is C14H15N5O2. The maximum atomic E-state index is 12.3. The molecule has 0 unspecified atom stereocenters.